The van der Waals surface area contributed by atoms with Crippen molar-refractivity contribution in [1.82, 2.24) is 15.0 Å². The molecule has 3 rings (SSSR count). The van der Waals surface area contributed by atoms with E-state index in [1.807, 2.05) is 0 Å². The van der Waals surface area contributed by atoms with Gasteiger partial charge in [-0.3, -0.25) is 0 Å². The SMILES string of the molecule is FC(F)(F)c1cnc(Nc2cccc(Nc3ncc(C(F)(F)F)cc3Cl)n2)c(Cl)c1. The molecule has 0 spiro atoms. The van der Waals surface area contributed by atoms with Crippen LogP contribution in [0.25, 0.3) is 0 Å². The predicted octanol–water partition coefficient (Wildman–Crippen LogP) is 6.70. The minimum Gasteiger partial charge on any atom is -0.324 e. The number of alkyl halides is 6. The second-order valence-electron chi connectivity index (χ2n) is 5.76. The van der Waals surface area contributed by atoms with Gasteiger partial charge in [0.1, 0.15) is 23.3 Å². The van der Waals surface area contributed by atoms with Crippen LogP contribution in [-0.2, 0) is 12.4 Å². The molecule has 3 heterocycles. The molecule has 0 saturated carbocycles. The van der Waals surface area contributed by atoms with Crippen LogP contribution in [0.4, 0.5) is 49.6 Å². The molecule has 2 N–H and O–H groups in total. The smallest absolute Gasteiger partial charge is 0.324 e. The van der Waals surface area contributed by atoms with E-state index in [1.165, 1.54) is 18.2 Å². The molecule has 0 aliphatic rings. The number of halogens is 8. The maximum Gasteiger partial charge on any atom is 0.417 e. The third-order valence-electron chi connectivity index (χ3n) is 3.58. The summed E-state index contributed by atoms with van der Waals surface area (Å²) >= 11 is 11.7. The Morgan fingerprint density at radius 2 is 1.10 bits per heavy atom. The minimum atomic E-state index is -4.59. The quantitative estimate of drug-likeness (QED) is 0.417. The van der Waals surface area contributed by atoms with Crippen LogP contribution in [0.2, 0.25) is 10.0 Å². The van der Waals surface area contributed by atoms with Gasteiger partial charge in [-0.25, -0.2) is 15.0 Å². The Hall–Kier alpha value is -2.79. The lowest BCUT2D eigenvalue weighted by Gasteiger charge is -2.12. The first kappa shape index (κ1) is 21.9. The lowest BCUT2D eigenvalue weighted by atomic mass is 10.2. The third-order valence-corrected chi connectivity index (χ3v) is 4.16. The van der Waals surface area contributed by atoms with Gasteiger partial charge in [0.2, 0.25) is 0 Å². The number of aromatic nitrogens is 3. The lowest BCUT2D eigenvalue weighted by Crippen LogP contribution is -2.07. The largest absolute Gasteiger partial charge is 0.417 e. The Morgan fingerprint density at radius 3 is 1.43 bits per heavy atom. The van der Waals surface area contributed by atoms with Crippen LogP contribution in [0.3, 0.4) is 0 Å². The summed E-state index contributed by atoms with van der Waals surface area (Å²) in [4.78, 5) is 11.4. The summed E-state index contributed by atoms with van der Waals surface area (Å²) in [5, 5.41) is 4.75. The topological polar surface area (TPSA) is 62.7 Å². The highest BCUT2D eigenvalue weighted by Gasteiger charge is 2.32. The number of hydrogen-bond donors (Lipinski definition) is 2. The molecule has 158 valence electrons. The zero-order valence-electron chi connectivity index (χ0n) is 14.4. The highest BCUT2D eigenvalue weighted by Crippen LogP contribution is 2.34. The Labute approximate surface area is 175 Å². The van der Waals surface area contributed by atoms with Crippen molar-refractivity contribution in [3.05, 3.63) is 63.9 Å². The average Bonchev–Trinajstić information content (AvgIpc) is 2.64. The van der Waals surface area contributed by atoms with Crippen molar-refractivity contribution in [1.29, 1.82) is 0 Å². The minimum absolute atomic E-state index is 0.0694. The first-order valence-electron chi connectivity index (χ1n) is 7.90. The van der Waals surface area contributed by atoms with E-state index in [-0.39, 0.29) is 33.3 Å². The molecule has 3 aromatic heterocycles. The fraction of sp³-hybridized carbons (Fsp3) is 0.118. The summed E-state index contributed by atoms with van der Waals surface area (Å²) in [5.41, 5.74) is -2.02. The molecule has 0 saturated heterocycles. The van der Waals surface area contributed by atoms with Gasteiger partial charge in [0, 0.05) is 12.4 Å². The monoisotopic (exact) mass is 467 g/mol. The van der Waals surface area contributed by atoms with Gasteiger partial charge in [0.05, 0.1) is 21.2 Å². The Bertz CT molecular complexity index is 990. The molecule has 0 unspecified atom stereocenters. The third kappa shape index (κ3) is 5.22. The van der Waals surface area contributed by atoms with Crippen LogP contribution in [0.1, 0.15) is 11.1 Å². The van der Waals surface area contributed by atoms with Crippen LogP contribution < -0.4 is 10.6 Å². The summed E-state index contributed by atoms with van der Waals surface area (Å²) in [7, 11) is 0. The highest BCUT2D eigenvalue weighted by molar-refractivity contribution is 6.33. The molecule has 0 aromatic carbocycles. The molecule has 0 bridgehead atoms. The number of anilines is 4. The zero-order chi connectivity index (χ0) is 22.1. The van der Waals surface area contributed by atoms with E-state index in [4.69, 9.17) is 23.2 Å². The van der Waals surface area contributed by atoms with Crippen molar-refractivity contribution < 1.29 is 26.3 Å². The summed E-state index contributed by atoms with van der Waals surface area (Å²) in [5.74, 6) is 0.161. The molecular formula is C17H9Cl2F6N5. The van der Waals surface area contributed by atoms with E-state index < -0.39 is 23.5 Å². The van der Waals surface area contributed by atoms with E-state index in [0.29, 0.717) is 24.5 Å². The van der Waals surface area contributed by atoms with Gasteiger partial charge in [0.15, 0.2) is 0 Å². The van der Waals surface area contributed by atoms with Crippen molar-refractivity contribution in [2.24, 2.45) is 0 Å². The Morgan fingerprint density at radius 1 is 0.700 bits per heavy atom. The summed E-state index contributed by atoms with van der Waals surface area (Å²) < 4.78 is 76.1. The number of nitrogens with zero attached hydrogens (tertiary/aromatic N) is 3. The summed E-state index contributed by atoms with van der Waals surface area (Å²) in [6.07, 6.45) is -7.96. The van der Waals surface area contributed by atoms with E-state index in [9.17, 15) is 26.3 Å². The molecular weight excluding hydrogens is 459 g/mol. The molecule has 13 heteroatoms. The Kier molecular flexibility index (Phi) is 5.95. The Balaban J connectivity index is 1.79. The van der Waals surface area contributed by atoms with E-state index in [0.717, 1.165) is 0 Å². The van der Waals surface area contributed by atoms with Gasteiger partial charge >= 0.3 is 12.4 Å². The van der Waals surface area contributed by atoms with Crippen LogP contribution in [0.15, 0.2) is 42.7 Å². The number of pyridine rings is 3. The molecule has 0 aliphatic heterocycles. The molecule has 3 aromatic rings. The van der Waals surface area contributed by atoms with Crippen LogP contribution in [0, 0.1) is 0 Å². The first-order chi connectivity index (χ1) is 13.9. The van der Waals surface area contributed by atoms with E-state index in [1.54, 1.807) is 0 Å². The highest BCUT2D eigenvalue weighted by atomic mass is 35.5. The number of nitrogens with one attached hydrogen (secondary N) is 2. The standard InChI is InChI=1S/C17H9Cl2F6N5/c18-10-4-8(16(20,21)22)6-26-14(10)29-12-2-1-3-13(28-12)30-15-11(19)5-9(7-27-15)17(23,24)25/h1-7H,(H2,26,27,28,29,30). The van der Waals surface area contributed by atoms with Gasteiger partial charge < -0.3 is 10.6 Å². The van der Waals surface area contributed by atoms with Gasteiger partial charge in [-0.05, 0) is 24.3 Å². The van der Waals surface area contributed by atoms with E-state index >= 15 is 0 Å². The molecule has 0 atom stereocenters. The number of hydrogen-bond acceptors (Lipinski definition) is 5. The van der Waals surface area contributed by atoms with Crippen molar-refractivity contribution in [2.75, 3.05) is 10.6 Å². The first-order valence-corrected chi connectivity index (χ1v) is 8.65. The van der Waals surface area contributed by atoms with Crippen LogP contribution in [-0.4, -0.2) is 15.0 Å². The van der Waals surface area contributed by atoms with Crippen molar-refractivity contribution in [2.45, 2.75) is 12.4 Å². The van der Waals surface area contributed by atoms with Gasteiger partial charge in [-0.2, -0.15) is 26.3 Å². The van der Waals surface area contributed by atoms with Gasteiger partial charge in [0.25, 0.3) is 0 Å². The van der Waals surface area contributed by atoms with Crippen molar-refractivity contribution >= 4 is 46.5 Å². The summed E-state index contributed by atoms with van der Waals surface area (Å²) in [6.45, 7) is 0. The lowest BCUT2D eigenvalue weighted by molar-refractivity contribution is -0.138. The molecule has 0 fully saturated rings. The van der Waals surface area contributed by atoms with Gasteiger partial charge in [-0.1, -0.05) is 29.3 Å². The molecule has 0 amide bonds. The predicted molar refractivity (Wildman–Crippen MR) is 99.3 cm³/mol. The normalized spacial score (nSPS) is 12.0. The van der Waals surface area contributed by atoms with E-state index in [2.05, 4.69) is 25.6 Å². The number of rotatable bonds is 4. The average molecular weight is 468 g/mol. The zero-order valence-corrected chi connectivity index (χ0v) is 15.9. The van der Waals surface area contributed by atoms with Gasteiger partial charge in [-0.15, -0.1) is 0 Å². The second-order valence-corrected chi connectivity index (χ2v) is 6.58. The molecule has 0 radical (unpaired) electrons. The maximum atomic E-state index is 12.7. The van der Waals surface area contributed by atoms with Crippen LogP contribution >= 0.6 is 23.2 Å². The maximum absolute atomic E-state index is 12.7. The second kappa shape index (κ2) is 8.15. The summed E-state index contributed by atoms with van der Waals surface area (Å²) in [6, 6.07) is 5.90. The molecule has 0 aliphatic carbocycles. The van der Waals surface area contributed by atoms with Crippen LogP contribution in [0.5, 0.6) is 0 Å². The van der Waals surface area contributed by atoms with Crippen molar-refractivity contribution in [3.8, 4) is 0 Å². The molecule has 30 heavy (non-hydrogen) atoms. The fourth-order valence-corrected chi connectivity index (χ4v) is 2.61. The fourth-order valence-electron chi connectivity index (χ4n) is 2.19. The van der Waals surface area contributed by atoms with Crippen molar-refractivity contribution in [3.63, 3.8) is 0 Å². The molecule has 5 nitrogen and oxygen atoms in total.